The molecule has 0 aliphatic carbocycles. The molecule has 0 radical (unpaired) electrons. The zero-order valence-corrected chi connectivity index (χ0v) is 15.8. The molecule has 4 rings (SSSR count). The highest BCUT2D eigenvalue weighted by atomic mass is 15.3. The predicted molar refractivity (Wildman–Crippen MR) is 104 cm³/mol. The van der Waals surface area contributed by atoms with E-state index < -0.39 is 0 Å². The van der Waals surface area contributed by atoms with Gasteiger partial charge in [-0.3, -0.25) is 0 Å². The minimum Gasteiger partial charge on any atom is -0.363 e. The first kappa shape index (κ1) is 17.0. The van der Waals surface area contributed by atoms with E-state index in [1.807, 2.05) is 31.3 Å². The van der Waals surface area contributed by atoms with Gasteiger partial charge in [0.1, 0.15) is 18.0 Å². The summed E-state index contributed by atoms with van der Waals surface area (Å²) in [6.45, 7) is 5.18. The summed E-state index contributed by atoms with van der Waals surface area (Å²) < 4.78 is 0. The third-order valence-corrected chi connectivity index (χ3v) is 5.60. The second-order valence-electron chi connectivity index (χ2n) is 7.37. The number of nitrogens with zero attached hydrogens (tertiary/aromatic N) is 7. The van der Waals surface area contributed by atoms with Gasteiger partial charge in [-0.25, -0.2) is 15.0 Å². The molecule has 2 atom stereocenters. The molecule has 0 bridgehead atoms. The van der Waals surface area contributed by atoms with Gasteiger partial charge in [-0.05, 0) is 31.2 Å². The summed E-state index contributed by atoms with van der Waals surface area (Å²) in [5.74, 6) is 3.57. The SMILES string of the molecule is CCc1cc(N2CCC3CCN(c4nccc(N(C)C)n4)CC32)ncn1. The first-order valence-electron chi connectivity index (χ1n) is 9.48. The zero-order chi connectivity index (χ0) is 18.1. The Morgan fingerprint density at radius 2 is 2.00 bits per heavy atom. The maximum absolute atomic E-state index is 4.73. The van der Waals surface area contributed by atoms with Crippen molar-refractivity contribution in [1.29, 1.82) is 0 Å². The second-order valence-corrected chi connectivity index (χ2v) is 7.37. The largest absolute Gasteiger partial charge is 0.363 e. The lowest BCUT2D eigenvalue weighted by atomic mass is 9.92. The molecule has 4 heterocycles. The van der Waals surface area contributed by atoms with Gasteiger partial charge >= 0.3 is 0 Å². The number of fused-ring (bicyclic) bond motifs is 1. The molecule has 2 fully saturated rings. The third kappa shape index (κ3) is 3.18. The van der Waals surface area contributed by atoms with Gasteiger partial charge in [0.15, 0.2) is 0 Å². The van der Waals surface area contributed by atoms with Crippen LogP contribution >= 0.6 is 0 Å². The van der Waals surface area contributed by atoms with E-state index in [2.05, 4.69) is 37.7 Å². The Hall–Kier alpha value is -2.44. The van der Waals surface area contributed by atoms with Crippen molar-refractivity contribution < 1.29 is 0 Å². The van der Waals surface area contributed by atoms with Gasteiger partial charge in [0.05, 0.1) is 6.04 Å². The molecule has 2 aromatic heterocycles. The molecule has 2 aromatic rings. The maximum atomic E-state index is 4.73. The fraction of sp³-hybridized carbons (Fsp3) is 0.579. The standard InChI is InChI=1S/C19H27N7/c1-4-15-11-18(22-13-21-15)26-10-7-14-6-9-25(12-16(14)26)19-20-8-5-17(23-19)24(2)3/h5,8,11,13-14,16H,4,6-7,9-10,12H2,1-3H3. The first-order chi connectivity index (χ1) is 12.7. The van der Waals surface area contributed by atoms with Crippen molar-refractivity contribution in [2.75, 3.05) is 48.4 Å². The third-order valence-electron chi connectivity index (χ3n) is 5.60. The van der Waals surface area contributed by atoms with Crippen molar-refractivity contribution in [2.24, 2.45) is 5.92 Å². The maximum Gasteiger partial charge on any atom is 0.227 e. The van der Waals surface area contributed by atoms with Gasteiger partial charge in [-0.1, -0.05) is 6.92 Å². The summed E-state index contributed by atoms with van der Waals surface area (Å²) >= 11 is 0. The smallest absolute Gasteiger partial charge is 0.227 e. The Morgan fingerprint density at radius 3 is 2.81 bits per heavy atom. The van der Waals surface area contributed by atoms with Crippen LogP contribution in [0.3, 0.4) is 0 Å². The van der Waals surface area contributed by atoms with E-state index >= 15 is 0 Å². The van der Waals surface area contributed by atoms with E-state index in [-0.39, 0.29) is 0 Å². The fourth-order valence-corrected chi connectivity index (χ4v) is 4.08. The Balaban J connectivity index is 1.56. The number of hydrogen-bond donors (Lipinski definition) is 0. The van der Waals surface area contributed by atoms with Crippen LogP contribution in [0, 0.1) is 5.92 Å². The Morgan fingerprint density at radius 1 is 1.15 bits per heavy atom. The molecular formula is C19H27N7. The molecule has 7 nitrogen and oxygen atoms in total. The lowest BCUT2D eigenvalue weighted by molar-refractivity contribution is 0.387. The van der Waals surface area contributed by atoms with Crippen LogP contribution in [-0.2, 0) is 6.42 Å². The monoisotopic (exact) mass is 353 g/mol. The molecule has 2 aliphatic rings. The van der Waals surface area contributed by atoms with E-state index in [1.165, 1.54) is 12.8 Å². The van der Waals surface area contributed by atoms with Crippen LogP contribution < -0.4 is 14.7 Å². The van der Waals surface area contributed by atoms with Crippen molar-refractivity contribution in [3.8, 4) is 0 Å². The molecule has 7 heteroatoms. The van der Waals surface area contributed by atoms with E-state index in [9.17, 15) is 0 Å². The van der Waals surface area contributed by atoms with Crippen molar-refractivity contribution in [2.45, 2.75) is 32.2 Å². The van der Waals surface area contributed by atoms with Crippen molar-refractivity contribution in [1.82, 2.24) is 19.9 Å². The molecule has 0 N–H and O–H groups in total. The van der Waals surface area contributed by atoms with Crippen LogP contribution in [0.15, 0.2) is 24.7 Å². The highest BCUT2D eigenvalue weighted by Crippen LogP contribution is 2.35. The quantitative estimate of drug-likeness (QED) is 0.833. The number of rotatable bonds is 4. The Kier molecular flexibility index (Phi) is 4.61. The molecule has 0 aromatic carbocycles. The van der Waals surface area contributed by atoms with Crippen LogP contribution in [-0.4, -0.2) is 59.7 Å². The highest BCUT2D eigenvalue weighted by Gasteiger charge is 2.39. The van der Waals surface area contributed by atoms with E-state index in [0.717, 1.165) is 55.3 Å². The van der Waals surface area contributed by atoms with Gasteiger partial charge < -0.3 is 14.7 Å². The summed E-state index contributed by atoms with van der Waals surface area (Å²) in [6.07, 6.45) is 6.92. The van der Waals surface area contributed by atoms with Crippen LogP contribution in [0.5, 0.6) is 0 Å². The Labute approximate surface area is 155 Å². The van der Waals surface area contributed by atoms with Gasteiger partial charge in [0.25, 0.3) is 0 Å². The Bertz CT molecular complexity index is 763. The summed E-state index contributed by atoms with van der Waals surface area (Å²) in [5, 5.41) is 0. The van der Waals surface area contributed by atoms with Crippen LogP contribution in [0.25, 0.3) is 0 Å². The fourth-order valence-electron chi connectivity index (χ4n) is 4.08. The lowest BCUT2D eigenvalue weighted by Gasteiger charge is -2.39. The van der Waals surface area contributed by atoms with Gasteiger partial charge in [0, 0.05) is 51.7 Å². The van der Waals surface area contributed by atoms with Gasteiger partial charge in [-0.2, -0.15) is 4.98 Å². The van der Waals surface area contributed by atoms with Crippen molar-refractivity contribution in [3.63, 3.8) is 0 Å². The zero-order valence-electron chi connectivity index (χ0n) is 15.8. The van der Waals surface area contributed by atoms with Gasteiger partial charge in [-0.15, -0.1) is 0 Å². The topological polar surface area (TPSA) is 61.3 Å². The van der Waals surface area contributed by atoms with Crippen molar-refractivity contribution >= 4 is 17.6 Å². The normalized spacial score (nSPS) is 22.4. The average Bonchev–Trinajstić information content (AvgIpc) is 3.11. The number of anilines is 3. The molecule has 2 unspecified atom stereocenters. The number of hydrogen-bond acceptors (Lipinski definition) is 7. The van der Waals surface area contributed by atoms with E-state index in [1.54, 1.807) is 6.33 Å². The number of aryl methyl sites for hydroxylation is 1. The molecule has 0 spiro atoms. The van der Waals surface area contributed by atoms with E-state index in [0.29, 0.717) is 6.04 Å². The molecule has 2 saturated heterocycles. The molecule has 2 aliphatic heterocycles. The highest BCUT2D eigenvalue weighted by molar-refractivity contribution is 5.46. The molecule has 26 heavy (non-hydrogen) atoms. The molecule has 138 valence electrons. The average molecular weight is 353 g/mol. The minimum absolute atomic E-state index is 0.468. The number of piperidine rings is 1. The molecular weight excluding hydrogens is 326 g/mol. The molecule has 0 saturated carbocycles. The lowest BCUT2D eigenvalue weighted by Crippen LogP contribution is -2.49. The van der Waals surface area contributed by atoms with Gasteiger partial charge in [0.2, 0.25) is 5.95 Å². The summed E-state index contributed by atoms with van der Waals surface area (Å²) in [5.41, 5.74) is 1.10. The summed E-state index contributed by atoms with van der Waals surface area (Å²) in [7, 11) is 4.02. The minimum atomic E-state index is 0.468. The van der Waals surface area contributed by atoms with Crippen LogP contribution in [0.2, 0.25) is 0 Å². The molecule has 0 amide bonds. The van der Waals surface area contributed by atoms with Crippen LogP contribution in [0.4, 0.5) is 17.6 Å². The summed E-state index contributed by atoms with van der Waals surface area (Å²) in [4.78, 5) is 25.0. The van der Waals surface area contributed by atoms with Crippen LogP contribution in [0.1, 0.15) is 25.5 Å². The first-order valence-corrected chi connectivity index (χ1v) is 9.48. The van der Waals surface area contributed by atoms with E-state index in [4.69, 9.17) is 4.98 Å². The predicted octanol–water partition coefficient (Wildman–Crippen LogP) is 2.00. The van der Waals surface area contributed by atoms with Crippen molar-refractivity contribution in [3.05, 3.63) is 30.4 Å². The summed E-state index contributed by atoms with van der Waals surface area (Å²) in [6, 6.07) is 4.56. The second kappa shape index (κ2) is 7.05. The number of aromatic nitrogens is 4.